The van der Waals surface area contributed by atoms with Crippen LogP contribution in [0, 0.1) is 0 Å². The van der Waals surface area contributed by atoms with Gasteiger partial charge in [0.15, 0.2) is 0 Å². The van der Waals surface area contributed by atoms with E-state index in [-0.39, 0.29) is 0 Å². The summed E-state index contributed by atoms with van der Waals surface area (Å²) in [6.07, 6.45) is 1.30. The second-order valence-electron chi connectivity index (χ2n) is 3.72. The van der Waals surface area contributed by atoms with Crippen LogP contribution in [0.1, 0.15) is 6.42 Å². The van der Waals surface area contributed by atoms with Crippen molar-refractivity contribution in [1.29, 1.82) is 0 Å². The van der Waals surface area contributed by atoms with Gasteiger partial charge >= 0.3 is 0 Å². The Hall–Kier alpha value is -0.830. The van der Waals surface area contributed by atoms with Crippen molar-refractivity contribution in [3.05, 3.63) is 24.3 Å². The molecular weight excluding hydrogens is 192 g/mol. The Balaban J connectivity index is 2.09. The smallest absolute Gasteiger partial charge is 0.0385 e. The fraction of sp³-hybridized carbons (Fsp3) is 0.455. The van der Waals surface area contributed by atoms with Crippen LogP contribution in [0.2, 0.25) is 0 Å². The highest BCUT2D eigenvalue weighted by Gasteiger charge is 2.19. The zero-order valence-electron chi connectivity index (χ0n) is 8.44. The maximum absolute atomic E-state index is 5.66. The second-order valence-corrected chi connectivity index (χ2v) is 4.87. The number of thioether (sulfide) groups is 1. The van der Waals surface area contributed by atoms with Crippen molar-refractivity contribution < 1.29 is 0 Å². The molecule has 3 heteroatoms. The van der Waals surface area contributed by atoms with Crippen LogP contribution in [0.15, 0.2) is 24.3 Å². The maximum atomic E-state index is 5.66. The quantitative estimate of drug-likeness (QED) is 0.756. The van der Waals surface area contributed by atoms with Gasteiger partial charge in [-0.2, -0.15) is 11.8 Å². The molecule has 0 radical (unpaired) electrons. The summed E-state index contributed by atoms with van der Waals surface area (Å²) < 4.78 is 0. The van der Waals surface area contributed by atoms with E-state index in [2.05, 4.69) is 24.1 Å². The van der Waals surface area contributed by atoms with Crippen LogP contribution in [-0.4, -0.2) is 24.6 Å². The SMILES string of the molecule is CN(c1ccc(N)cc1)C1CCSC1. The summed E-state index contributed by atoms with van der Waals surface area (Å²) in [5.41, 5.74) is 7.76. The van der Waals surface area contributed by atoms with Gasteiger partial charge in [0.25, 0.3) is 0 Å². The van der Waals surface area contributed by atoms with Crippen molar-refractivity contribution >= 4 is 23.1 Å². The molecular formula is C11H16N2S. The van der Waals surface area contributed by atoms with Crippen LogP contribution >= 0.6 is 11.8 Å². The largest absolute Gasteiger partial charge is 0.399 e. The van der Waals surface area contributed by atoms with Crippen molar-refractivity contribution in [1.82, 2.24) is 0 Å². The van der Waals surface area contributed by atoms with Gasteiger partial charge < -0.3 is 10.6 Å². The van der Waals surface area contributed by atoms with Gasteiger partial charge in [0.2, 0.25) is 0 Å². The Kier molecular flexibility index (Phi) is 2.87. The number of nitrogens with zero attached hydrogens (tertiary/aromatic N) is 1. The predicted octanol–water partition coefficient (Wildman–Crippen LogP) is 2.21. The van der Waals surface area contributed by atoms with Gasteiger partial charge in [-0.1, -0.05) is 0 Å². The first kappa shape index (κ1) is 9.71. The minimum atomic E-state index is 0.698. The summed E-state index contributed by atoms with van der Waals surface area (Å²) in [6.45, 7) is 0. The Morgan fingerprint density at radius 1 is 1.36 bits per heavy atom. The third kappa shape index (κ3) is 1.98. The fourth-order valence-electron chi connectivity index (χ4n) is 1.75. The second kappa shape index (κ2) is 4.13. The van der Waals surface area contributed by atoms with E-state index in [1.165, 1.54) is 23.6 Å². The first-order valence-corrected chi connectivity index (χ1v) is 6.09. The van der Waals surface area contributed by atoms with Crippen LogP contribution < -0.4 is 10.6 Å². The van der Waals surface area contributed by atoms with E-state index < -0.39 is 0 Å². The molecule has 1 aliphatic heterocycles. The van der Waals surface area contributed by atoms with E-state index in [9.17, 15) is 0 Å². The van der Waals surface area contributed by atoms with Crippen molar-refractivity contribution in [2.75, 3.05) is 29.2 Å². The highest BCUT2D eigenvalue weighted by molar-refractivity contribution is 7.99. The zero-order chi connectivity index (χ0) is 9.97. The number of anilines is 2. The molecule has 1 atom stereocenters. The molecule has 2 nitrogen and oxygen atoms in total. The molecule has 14 heavy (non-hydrogen) atoms. The molecule has 0 amide bonds. The van der Waals surface area contributed by atoms with E-state index in [0.29, 0.717) is 6.04 Å². The average molecular weight is 208 g/mol. The van der Waals surface area contributed by atoms with Crippen molar-refractivity contribution in [2.45, 2.75) is 12.5 Å². The molecule has 0 aromatic heterocycles. The van der Waals surface area contributed by atoms with Gasteiger partial charge in [-0.25, -0.2) is 0 Å². The molecule has 0 spiro atoms. The van der Waals surface area contributed by atoms with E-state index in [0.717, 1.165) is 5.69 Å². The summed E-state index contributed by atoms with van der Waals surface area (Å²) in [6, 6.07) is 8.82. The molecule has 1 fully saturated rings. The van der Waals surface area contributed by atoms with Gasteiger partial charge in [0, 0.05) is 30.2 Å². The molecule has 0 bridgehead atoms. The van der Waals surface area contributed by atoms with Crippen molar-refractivity contribution in [3.8, 4) is 0 Å². The minimum absolute atomic E-state index is 0.698. The highest BCUT2D eigenvalue weighted by atomic mass is 32.2. The molecule has 1 aromatic carbocycles. The lowest BCUT2D eigenvalue weighted by Crippen LogP contribution is -2.31. The molecule has 1 aliphatic rings. The predicted molar refractivity (Wildman–Crippen MR) is 65.0 cm³/mol. The van der Waals surface area contributed by atoms with Crippen LogP contribution in [-0.2, 0) is 0 Å². The Labute approximate surface area is 89.5 Å². The maximum Gasteiger partial charge on any atom is 0.0385 e. The molecule has 1 aromatic rings. The van der Waals surface area contributed by atoms with Gasteiger partial charge in [-0.15, -0.1) is 0 Å². The van der Waals surface area contributed by atoms with E-state index >= 15 is 0 Å². The number of nitrogens with two attached hydrogens (primary N) is 1. The minimum Gasteiger partial charge on any atom is -0.399 e. The molecule has 1 heterocycles. The normalized spacial score (nSPS) is 21.1. The number of benzene rings is 1. The molecule has 2 rings (SSSR count). The van der Waals surface area contributed by atoms with E-state index in [1.54, 1.807) is 0 Å². The zero-order valence-corrected chi connectivity index (χ0v) is 9.26. The third-order valence-electron chi connectivity index (χ3n) is 2.75. The Bertz CT molecular complexity index is 291. The van der Waals surface area contributed by atoms with Crippen LogP contribution in [0.25, 0.3) is 0 Å². The number of rotatable bonds is 2. The topological polar surface area (TPSA) is 29.3 Å². The Morgan fingerprint density at radius 3 is 2.64 bits per heavy atom. The first-order chi connectivity index (χ1) is 6.77. The molecule has 2 N–H and O–H groups in total. The standard InChI is InChI=1S/C11H16N2S/c1-13(11-6-7-14-8-11)10-4-2-9(12)3-5-10/h2-5,11H,6-8,12H2,1H3. The monoisotopic (exact) mass is 208 g/mol. The fourth-order valence-corrected chi connectivity index (χ4v) is 3.02. The summed E-state index contributed by atoms with van der Waals surface area (Å²) in [4.78, 5) is 2.36. The lowest BCUT2D eigenvalue weighted by Gasteiger charge is -2.25. The number of hydrogen-bond donors (Lipinski definition) is 1. The molecule has 0 aliphatic carbocycles. The summed E-state index contributed by atoms with van der Waals surface area (Å²) in [5.74, 6) is 2.55. The average Bonchev–Trinajstić information content (AvgIpc) is 2.71. The highest BCUT2D eigenvalue weighted by Crippen LogP contribution is 2.26. The molecule has 76 valence electrons. The van der Waals surface area contributed by atoms with Crippen LogP contribution in [0.5, 0.6) is 0 Å². The van der Waals surface area contributed by atoms with Gasteiger partial charge in [0.1, 0.15) is 0 Å². The van der Waals surface area contributed by atoms with Gasteiger partial charge in [-0.05, 0) is 36.4 Å². The summed E-state index contributed by atoms with van der Waals surface area (Å²) >= 11 is 2.04. The van der Waals surface area contributed by atoms with Crippen LogP contribution in [0.3, 0.4) is 0 Å². The molecule has 0 saturated carbocycles. The molecule has 1 saturated heterocycles. The van der Waals surface area contributed by atoms with E-state index in [1.807, 2.05) is 23.9 Å². The van der Waals surface area contributed by atoms with Gasteiger partial charge in [-0.3, -0.25) is 0 Å². The van der Waals surface area contributed by atoms with Crippen molar-refractivity contribution in [3.63, 3.8) is 0 Å². The van der Waals surface area contributed by atoms with Crippen molar-refractivity contribution in [2.24, 2.45) is 0 Å². The van der Waals surface area contributed by atoms with E-state index in [4.69, 9.17) is 5.73 Å². The lowest BCUT2D eigenvalue weighted by atomic mass is 10.2. The first-order valence-electron chi connectivity index (χ1n) is 4.93. The lowest BCUT2D eigenvalue weighted by molar-refractivity contribution is 0.700. The van der Waals surface area contributed by atoms with Crippen LogP contribution in [0.4, 0.5) is 11.4 Å². The number of nitrogen functional groups attached to an aromatic ring is 1. The third-order valence-corrected chi connectivity index (χ3v) is 3.90. The summed E-state index contributed by atoms with van der Waals surface area (Å²) in [7, 11) is 2.17. The molecule has 1 unspecified atom stereocenters. The summed E-state index contributed by atoms with van der Waals surface area (Å²) in [5, 5.41) is 0. The number of hydrogen-bond acceptors (Lipinski definition) is 3. The Morgan fingerprint density at radius 2 is 2.07 bits per heavy atom. The van der Waals surface area contributed by atoms with Gasteiger partial charge in [0.05, 0.1) is 0 Å².